The molecule has 0 saturated carbocycles. The van der Waals surface area contributed by atoms with Crippen molar-refractivity contribution >= 4 is 5.69 Å². The zero-order valence-corrected chi connectivity index (χ0v) is 8.49. The van der Waals surface area contributed by atoms with E-state index in [1.54, 1.807) is 7.11 Å². The third kappa shape index (κ3) is 1.44. The number of ether oxygens (including phenoxy) is 1. The fraction of sp³-hybridized carbons (Fsp3) is 0.455. The Morgan fingerprint density at radius 2 is 2.36 bits per heavy atom. The van der Waals surface area contributed by atoms with Gasteiger partial charge in [0.1, 0.15) is 5.75 Å². The maximum absolute atomic E-state index is 5.57. The molecule has 0 aromatic heterocycles. The van der Waals surface area contributed by atoms with Crippen molar-refractivity contribution in [2.24, 2.45) is 5.73 Å². The second-order valence-electron chi connectivity index (χ2n) is 3.49. The number of benzene rings is 1. The van der Waals surface area contributed by atoms with Crippen LogP contribution in [-0.4, -0.2) is 26.7 Å². The zero-order chi connectivity index (χ0) is 9.97. The number of nitrogens with zero attached hydrogens (tertiary/aromatic N) is 1. The summed E-state index contributed by atoms with van der Waals surface area (Å²) in [6, 6.07) is 6.21. The standard InChI is InChI=1S/C11H16N2O/c1-14-10-4-2-3-9-5-7-13(8-6-12)11(9)10/h2-4H,5-8,12H2,1H3. The number of anilines is 1. The Balaban J connectivity index is 2.35. The summed E-state index contributed by atoms with van der Waals surface area (Å²) in [5.41, 5.74) is 8.18. The van der Waals surface area contributed by atoms with Crippen LogP contribution in [0.4, 0.5) is 5.69 Å². The van der Waals surface area contributed by atoms with Crippen LogP contribution in [0.5, 0.6) is 5.75 Å². The van der Waals surface area contributed by atoms with Crippen LogP contribution < -0.4 is 15.4 Å². The van der Waals surface area contributed by atoms with Crippen LogP contribution in [0.2, 0.25) is 0 Å². The number of hydrogen-bond donors (Lipinski definition) is 1. The quantitative estimate of drug-likeness (QED) is 0.777. The second-order valence-corrected chi connectivity index (χ2v) is 3.49. The Labute approximate surface area is 84.5 Å². The Morgan fingerprint density at radius 3 is 3.07 bits per heavy atom. The Morgan fingerprint density at radius 1 is 1.50 bits per heavy atom. The lowest BCUT2D eigenvalue weighted by molar-refractivity contribution is 0.415. The first-order chi connectivity index (χ1) is 6.86. The van der Waals surface area contributed by atoms with Crippen LogP contribution in [-0.2, 0) is 6.42 Å². The van der Waals surface area contributed by atoms with Gasteiger partial charge < -0.3 is 15.4 Å². The molecule has 0 amide bonds. The summed E-state index contributed by atoms with van der Waals surface area (Å²) in [6.45, 7) is 2.66. The molecule has 1 aliphatic heterocycles. The molecule has 76 valence electrons. The molecule has 2 N–H and O–H groups in total. The topological polar surface area (TPSA) is 38.5 Å². The van der Waals surface area contributed by atoms with Gasteiger partial charge in [0.05, 0.1) is 12.8 Å². The first-order valence-corrected chi connectivity index (χ1v) is 4.97. The molecule has 1 heterocycles. The van der Waals surface area contributed by atoms with Gasteiger partial charge in [0.2, 0.25) is 0 Å². The molecule has 1 aliphatic rings. The van der Waals surface area contributed by atoms with Crippen molar-refractivity contribution in [3.05, 3.63) is 23.8 Å². The average Bonchev–Trinajstić information content (AvgIpc) is 2.62. The van der Waals surface area contributed by atoms with Gasteiger partial charge in [-0.15, -0.1) is 0 Å². The molecule has 0 spiro atoms. The summed E-state index contributed by atoms with van der Waals surface area (Å²) in [7, 11) is 1.72. The van der Waals surface area contributed by atoms with Gasteiger partial charge in [0, 0.05) is 19.6 Å². The lowest BCUT2D eigenvalue weighted by Crippen LogP contribution is -2.27. The Bertz CT molecular complexity index is 323. The average molecular weight is 192 g/mol. The lowest BCUT2D eigenvalue weighted by Gasteiger charge is -2.20. The molecule has 3 nitrogen and oxygen atoms in total. The molecule has 0 saturated heterocycles. The third-order valence-electron chi connectivity index (χ3n) is 2.67. The molecular weight excluding hydrogens is 176 g/mol. The van der Waals surface area contributed by atoms with Crippen LogP contribution in [0.25, 0.3) is 0 Å². The van der Waals surface area contributed by atoms with E-state index in [-0.39, 0.29) is 0 Å². The van der Waals surface area contributed by atoms with Gasteiger partial charge in [0.25, 0.3) is 0 Å². The lowest BCUT2D eigenvalue weighted by atomic mass is 10.1. The predicted molar refractivity (Wildman–Crippen MR) is 58.0 cm³/mol. The first-order valence-electron chi connectivity index (χ1n) is 4.97. The van der Waals surface area contributed by atoms with Crippen LogP contribution in [0.3, 0.4) is 0 Å². The fourth-order valence-corrected chi connectivity index (χ4v) is 2.04. The predicted octanol–water partition coefficient (Wildman–Crippen LogP) is 1.02. The van der Waals surface area contributed by atoms with Crippen LogP contribution in [0, 0.1) is 0 Å². The number of methoxy groups -OCH3 is 1. The van der Waals surface area contributed by atoms with Gasteiger partial charge in [-0.2, -0.15) is 0 Å². The van der Waals surface area contributed by atoms with Crippen LogP contribution in [0.1, 0.15) is 5.56 Å². The molecule has 0 atom stereocenters. The van der Waals surface area contributed by atoms with Crippen LogP contribution >= 0.6 is 0 Å². The number of rotatable bonds is 3. The first kappa shape index (κ1) is 9.34. The van der Waals surface area contributed by atoms with Crippen molar-refractivity contribution in [3.8, 4) is 5.75 Å². The van der Waals surface area contributed by atoms with Gasteiger partial charge in [-0.05, 0) is 18.1 Å². The van der Waals surface area contributed by atoms with Crippen molar-refractivity contribution < 1.29 is 4.74 Å². The second kappa shape index (κ2) is 3.88. The van der Waals surface area contributed by atoms with E-state index < -0.39 is 0 Å². The zero-order valence-electron chi connectivity index (χ0n) is 8.49. The summed E-state index contributed by atoms with van der Waals surface area (Å²) in [4.78, 5) is 2.30. The summed E-state index contributed by atoms with van der Waals surface area (Å²) < 4.78 is 5.35. The molecule has 0 fully saturated rings. The summed E-state index contributed by atoms with van der Waals surface area (Å²) >= 11 is 0. The minimum Gasteiger partial charge on any atom is -0.495 e. The van der Waals surface area contributed by atoms with Crippen molar-refractivity contribution in [1.29, 1.82) is 0 Å². The van der Waals surface area contributed by atoms with Gasteiger partial charge in [0.15, 0.2) is 0 Å². The molecule has 1 aromatic rings. The number of para-hydroxylation sites is 1. The monoisotopic (exact) mass is 192 g/mol. The molecule has 0 bridgehead atoms. The van der Waals surface area contributed by atoms with E-state index in [9.17, 15) is 0 Å². The third-order valence-corrected chi connectivity index (χ3v) is 2.67. The Hall–Kier alpha value is -1.22. The minimum atomic E-state index is 0.692. The highest BCUT2D eigenvalue weighted by Crippen LogP contribution is 2.36. The number of fused-ring (bicyclic) bond motifs is 1. The van der Waals surface area contributed by atoms with Gasteiger partial charge in [-0.3, -0.25) is 0 Å². The number of nitrogens with two attached hydrogens (primary N) is 1. The molecule has 3 heteroatoms. The largest absolute Gasteiger partial charge is 0.495 e. The summed E-state index contributed by atoms with van der Waals surface area (Å²) in [5, 5.41) is 0. The van der Waals surface area contributed by atoms with E-state index in [1.165, 1.54) is 11.3 Å². The van der Waals surface area contributed by atoms with Crippen molar-refractivity contribution in [1.82, 2.24) is 0 Å². The maximum atomic E-state index is 5.57. The van der Waals surface area contributed by atoms with Crippen molar-refractivity contribution in [3.63, 3.8) is 0 Å². The molecule has 14 heavy (non-hydrogen) atoms. The van der Waals surface area contributed by atoms with E-state index in [4.69, 9.17) is 10.5 Å². The highest BCUT2D eigenvalue weighted by Gasteiger charge is 2.21. The fourth-order valence-electron chi connectivity index (χ4n) is 2.04. The molecule has 2 rings (SSSR count). The van der Waals surface area contributed by atoms with Gasteiger partial charge in [-0.1, -0.05) is 12.1 Å². The Kier molecular flexibility index (Phi) is 2.59. The van der Waals surface area contributed by atoms with Crippen molar-refractivity contribution in [2.75, 3.05) is 31.6 Å². The van der Waals surface area contributed by atoms with Gasteiger partial charge >= 0.3 is 0 Å². The number of hydrogen-bond acceptors (Lipinski definition) is 3. The summed E-state index contributed by atoms with van der Waals surface area (Å²) in [5.74, 6) is 0.966. The molecule has 0 unspecified atom stereocenters. The highest BCUT2D eigenvalue weighted by atomic mass is 16.5. The van der Waals surface area contributed by atoms with Crippen molar-refractivity contribution in [2.45, 2.75) is 6.42 Å². The minimum absolute atomic E-state index is 0.692. The van der Waals surface area contributed by atoms with E-state index in [0.717, 1.165) is 25.3 Å². The summed E-state index contributed by atoms with van der Waals surface area (Å²) in [6.07, 6.45) is 1.10. The van der Waals surface area contributed by atoms with E-state index >= 15 is 0 Å². The van der Waals surface area contributed by atoms with E-state index in [0.29, 0.717) is 6.54 Å². The highest BCUT2D eigenvalue weighted by molar-refractivity contribution is 5.67. The molecular formula is C11H16N2O. The molecule has 0 radical (unpaired) electrons. The molecule has 0 aliphatic carbocycles. The van der Waals surface area contributed by atoms with E-state index in [1.807, 2.05) is 12.1 Å². The van der Waals surface area contributed by atoms with Crippen LogP contribution in [0.15, 0.2) is 18.2 Å². The van der Waals surface area contributed by atoms with Gasteiger partial charge in [-0.25, -0.2) is 0 Å². The SMILES string of the molecule is COc1cccc2c1N(CCN)CC2. The normalized spacial score (nSPS) is 14.3. The maximum Gasteiger partial charge on any atom is 0.142 e. The smallest absolute Gasteiger partial charge is 0.142 e. The molecule has 1 aromatic carbocycles. The van der Waals surface area contributed by atoms with E-state index in [2.05, 4.69) is 11.0 Å².